The Balaban J connectivity index is 1.12. The summed E-state index contributed by atoms with van der Waals surface area (Å²) in [6, 6.07) is 0. The molecular weight excluding hydrogens is 504 g/mol. The van der Waals surface area contributed by atoms with E-state index in [1.807, 2.05) is 0 Å². The van der Waals surface area contributed by atoms with Gasteiger partial charge in [0.25, 0.3) is 5.91 Å². The van der Waals surface area contributed by atoms with E-state index in [9.17, 15) is 35.9 Å². The van der Waals surface area contributed by atoms with E-state index in [2.05, 4.69) is 25.0 Å². The van der Waals surface area contributed by atoms with Crippen molar-refractivity contribution in [2.45, 2.75) is 87.1 Å². The molecular formula is C21H23F6N3O6. The maximum Gasteiger partial charge on any atom is 0.523 e. The second kappa shape index (κ2) is 8.12. The normalized spacial score (nSPS) is 29.8. The van der Waals surface area contributed by atoms with Crippen molar-refractivity contribution in [1.82, 2.24) is 15.5 Å². The minimum atomic E-state index is -4.85. The van der Waals surface area contributed by atoms with E-state index in [-0.39, 0.29) is 43.9 Å². The molecule has 1 heterocycles. The lowest BCUT2D eigenvalue weighted by Gasteiger charge is -2.67. The second-order valence-corrected chi connectivity index (χ2v) is 10.3. The van der Waals surface area contributed by atoms with Crippen LogP contribution in [0.5, 0.6) is 0 Å². The van der Waals surface area contributed by atoms with Crippen molar-refractivity contribution >= 4 is 11.8 Å². The summed E-state index contributed by atoms with van der Waals surface area (Å²) in [5, 5.41) is 9.91. The fourth-order valence-corrected chi connectivity index (χ4v) is 5.59. The molecule has 15 heteroatoms. The molecule has 1 aromatic heterocycles. The summed E-state index contributed by atoms with van der Waals surface area (Å²) in [5.41, 5.74) is -4.39. The zero-order valence-electron chi connectivity index (χ0n) is 18.9. The molecule has 2 bridgehead atoms. The van der Waals surface area contributed by atoms with Crippen molar-refractivity contribution in [3.63, 3.8) is 0 Å². The van der Waals surface area contributed by atoms with Gasteiger partial charge in [-0.2, -0.15) is 0 Å². The summed E-state index contributed by atoms with van der Waals surface area (Å²) in [7, 11) is 0. The predicted molar refractivity (Wildman–Crippen MR) is 103 cm³/mol. The molecule has 0 unspecified atom stereocenters. The fourth-order valence-electron chi connectivity index (χ4n) is 5.59. The first-order chi connectivity index (χ1) is 16.7. The summed E-state index contributed by atoms with van der Waals surface area (Å²) in [4.78, 5) is 24.8. The van der Waals surface area contributed by atoms with Gasteiger partial charge in [-0.3, -0.25) is 24.4 Å². The first kappa shape index (κ1) is 25.4. The van der Waals surface area contributed by atoms with Crippen molar-refractivity contribution in [3.8, 4) is 0 Å². The molecule has 5 saturated carbocycles. The van der Waals surface area contributed by atoms with E-state index in [1.54, 1.807) is 0 Å². The average Bonchev–Trinajstić information content (AvgIpc) is 3.10. The van der Waals surface area contributed by atoms with Gasteiger partial charge in [-0.05, 0) is 57.8 Å². The number of amides is 2. The van der Waals surface area contributed by atoms with Gasteiger partial charge in [-0.1, -0.05) is 0 Å². The Hall–Kier alpha value is -2.26. The molecule has 5 aliphatic carbocycles. The molecule has 2 amide bonds. The number of carbonyl (C=O) groups is 2. The highest BCUT2D eigenvalue weighted by Gasteiger charge is 2.74. The van der Waals surface area contributed by atoms with Crippen LogP contribution in [0, 0.1) is 5.41 Å². The highest BCUT2D eigenvalue weighted by molar-refractivity contribution is 6.00. The number of hydrogen-bond acceptors (Lipinski definition) is 8. The molecule has 0 saturated heterocycles. The molecule has 0 aromatic carbocycles. The van der Waals surface area contributed by atoms with Gasteiger partial charge in [0.05, 0.1) is 23.0 Å². The maximum atomic E-state index is 12.8. The van der Waals surface area contributed by atoms with Gasteiger partial charge in [0.15, 0.2) is 5.60 Å². The Morgan fingerprint density at radius 2 is 1.53 bits per heavy atom. The molecule has 6 rings (SSSR count). The van der Waals surface area contributed by atoms with Crippen LogP contribution < -0.4 is 5.32 Å². The van der Waals surface area contributed by atoms with E-state index in [1.165, 1.54) is 0 Å². The van der Waals surface area contributed by atoms with Crippen LogP contribution >= 0.6 is 0 Å². The smallest absolute Gasteiger partial charge is 0.421 e. The summed E-state index contributed by atoms with van der Waals surface area (Å²) >= 11 is 0. The first-order valence-corrected chi connectivity index (χ1v) is 11.5. The number of halogens is 6. The Morgan fingerprint density at radius 1 is 0.917 bits per heavy atom. The molecule has 0 atom stereocenters. The summed E-state index contributed by atoms with van der Waals surface area (Å²) < 4.78 is 94.5. The third-order valence-corrected chi connectivity index (χ3v) is 7.78. The van der Waals surface area contributed by atoms with Crippen LogP contribution in [0.3, 0.4) is 0 Å². The standard InChI is InChI=1S/C21H23F6N3O6/c22-20(23,24)34-11-18(3-1-4-18)33-7-12(31)28-13(32)16-8-17(9-16,10-16)14-29-30-15(35-14)19(5-2-6-19)36-21(25,26)27/h1-11H2,(H,28,31,32). The molecule has 9 nitrogen and oxygen atoms in total. The number of ether oxygens (including phenoxy) is 3. The number of rotatable bonds is 9. The van der Waals surface area contributed by atoms with Crippen molar-refractivity contribution in [2.24, 2.45) is 5.41 Å². The van der Waals surface area contributed by atoms with Crippen LogP contribution in [0.4, 0.5) is 26.3 Å². The Labute approximate surface area is 200 Å². The Bertz CT molecular complexity index is 1030. The number of alkyl halides is 6. The lowest BCUT2D eigenvalue weighted by molar-refractivity contribution is -0.387. The maximum absolute atomic E-state index is 12.8. The number of aromatic nitrogens is 2. The lowest BCUT2D eigenvalue weighted by Crippen LogP contribution is -2.70. The van der Waals surface area contributed by atoms with E-state index in [0.717, 1.165) is 0 Å². The summed E-state index contributed by atoms with van der Waals surface area (Å²) in [6.07, 6.45) is -6.88. The molecule has 5 fully saturated rings. The van der Waals surface area contributed by atoms with Gasteiger partial charge in [-0.25, -0.2) is 0 Å². The third-order valence-electron chi connectivity index (χ3n) is 7.78. The molecule has 0 spiro atoms. The number of nitrogens with zero attached hydrogens (tertiary/aromatic N) is 2. The zero-order valence-corrected chi connectivity index (χ0v) is 18.9. The second-order valence-electron chi connectivity index (χ2n) is 10.3. The van der Waals surface area contributed by atoms with Crippen molar-refractivity contribution in [3.05, 3.63) is 11.8 Å². The monoisotopic (exact) mass is 527 g/mol. The predicted octanol–water partition coefficient (Wildman–Crippen LogP) is 3.53. The minimum Gasteiger partial charge on any atom is -0.421 e. The highest BCUT2D eigenvalue weighted by atomic mass is 19.4. The van der Waals surface area contributed by atoms with Crippen LogP contribution in [-0.2, 0) is 34.8 Å². The van der Waals surface area contributed by atoms with Crippen LogP contribution in [0.15, 0.2) is 4.42 Å². The van der Waals surface area contributed by atoms with Crippen LogP contribution in [0.25, 0.3) is 0 Å². The topological polar surface area (TPSA) is 113 Å². The Kier molecular flexibility index (Phi) is 5.73. The van der Waals surface area contributed by atoms with Crippen molar-refractivity contribution < 1.29 is 54.6 Å². The van der Waals surface area contributed by atoms with Crippen molar-refractivity contribution in [1.29, 1.82) is 0 Å². The quantitative estimate of drug-likeness (QED) is 0.486. The fraction of sp³-hybridized carbons (Fsp3) is 0.810. The summed E-state index contributed by atoms with van der Waals surface area (Å²) in [5.74, 6) is -1.44. The molecule has 5 aliphatic rings. The number of nitrogens with one attached hydrogen (secondary N) is 1. The highest BCUT2D eigenvalue weighted by Crippen LogP contribution is 2.73. The van der Waals surface area contributed by atoms with E-state index in [0.29, 0.717) is 25.7 Å². The van der Waals surface area contributed by atoms with Gasteiger partial charge < -0.3 is 9.15 Å². The van der Waals surface area contributed by atoms with Crippen LogP contribution in [0.2, 0.25) is 0 Å². The number of imide groups is 1. The third kappa shape index (κ3) is 4.49. The number of hydrogen-bond donors (Lipinski definition) is 1. The van der Waals surface area contributed by atoms with Crippen LogP contribution in [-0.4, -0.2) is 53.6 Å². The van der Waals surface area contributed by atoms with Crippen LogP contribution in [0.1, 0.15) is 69.6 Å². The molecule has 36 heavy (non-hydrogen) atoms. The largest absolute Gasteiger partial charge is 0.523 e. The van der Waals surface area contributed by atoms with Gasteiger partial charge >= 0.3 is 12.7 Å². The van der Waals surface area contributed by atoms with E-state index >= 15 is 0 Å². The van der Waals surface area contributed by atoms with Gasteiger partial charge in [0.1, 0.15) is 6.61 Å². The molecule has 0 aliphatic heterocycles. The first-order valence-electron chi connectivity index (χ1n) is 11.5. The van der Waals surface area contributed by atoms with Crippen molar-refractivity contribution in [2.75, 3.05) is 13.2 Å². The van der Waals surface area contributed by atoms with E-state index < -0.39 is 59.8 Å². The lowest BCUT2D eigenvalue weighted by atomic mass is 9.34. The Morgan fingerprint density at radius 3 is 2.03 bits per heavy atom. The average molecular weight is 527 g/mol. The van der Waals surface area contributed by atoms with Gasteiger partial charge in [0.2, 0.25) is 17.7 Å². The number of carbonyl (C=O) groups excluding carboxylic acids is 2. The van der Waals surface area contributed by atoms with Gasteiger partial charge in [0, 0.05) is 0 Å². The van der Waals surface area contributed by atoms with Gasteiger partial charge in [-0.15, -0.1) is 36.5 Å². The molecule has 1 N–H and O–H groups in total. The van der Waals surface area contributed by atoms with E-state index in [4.69, 9.17) is 9.15 Å². The SMILES string of the molecule is O=C(COC1(COC(F)(F)F)CCC1)NC(=O)C12CC(c3nnc(C4(OC(F)(F)F)CCC4)o3)(C1)C2. The minimum absolute atomic E-state index is 0.0985. The molecule has 1 aromatic rings. The summed E-state index contributed by atoms with van der Waals surface area (Å²) in [6.45, 7) is -1.33. The molecule has 200 valence electrons. The molecule has 0 radical (unpaired) electrons. The zero-order chi connectivity index (χ0) is 26.0.